The average molecular weight is 524 g/mol. The van der Waals surface area contributed by atoms with Gasteiger partial charge in [-0.2, -0.15) is 0 Å². The van der Waals surface area contributed by atoms with E-state index in [2.05, 4.69) is 20.6 Å². The molecule has 0 aliphatic rings. The Morgan fingerprint density at radius 3 is 2.60 bits per heavy atom. The summed E-state index contributed by atoms with van der Waals surface area (Å²) in [7, 11) is 0. The van der Waals surface area contributed by atoms with E-state index in [0.29, 0.717) is 32.0 Å². The zero-order valence-corrected chi connectivity index (χ0v) is 19.1. The van der Waals surface area contributed by atoms with Gasteiger partial charge in [-0.25, -0.2) is 9.37 Å². The first-order chi connectivity index (χ1) is 14.2. The van der Waals surface area contributed by atoms with Crippen molar-refractivity contribution in [1.29, 1.82) is 0 Å². The number of rotatable bonds is 9. The fraction of sp³-hybridized carbons (Fsp3) is 0.273. The molecule has 0 amide bonds. The highest BCUT2D eigenvalue weighted by molar-refractivity contribution is 14.0. The smallest absolute Gasteiger partial charge is 0.226 e. The van der Waals surface area contributed by atoms with Crippen LogP contribution in [0.3, 0.4) is 0 Å². The SMILES string of the molecule is CCNC(=NCCc1coc(-c2ccc(F)cc2)n1)NCCOc1ccccc1.I. The lowest BCUT2D eigenvalue weighted by atomic mass is 10.2. The maximum Gasteiger partial charge on any atom is 0.226 e. The highest BCUT2D eigenvalue weighted by Crippen LogP contribution is 2.19. The number of aliphatic imine (C=N–C) groups is 1. The third-order valence-corrected chi connectivity index (χ3v) is 4.03. The molecule has 30 heavy (non-hydrogen) atoms. The van der Waals surface area contributed by atoms with E-state index in [4.69, 9.17) is 9.15 Å². The van der Waals surface area contributed by atoms with Crippen LogP contribution in [0.4, 0.5) is 4.39 Å². The Balaban J connectivity index is 0.00000320. The van der Waals surface area contributed by atoms with Gasteiger partial charge < -0.3 is 19.8 Å². The highest BCUT2D eigenvalue weighted by Gasteiger charge is 2.07. The predicted octanol–water partition coefficient (Wildman–Crippen LogP) is 4.28. The molecule has 0 atom stereocenters. The fourth-order valence-corrected chi connectivity index (χ4v) is 2.63. The first kappa shape index (κ1) is 23.7. The molecule has 160 valence electrons. The second kappa shape index (κ2) is 12.8. The minimum Gasteiger partial charge on any atom is -0.492 e. The lowest BCUT2D eigenvalue weighted by molar-refractivity contribution is 0.322. The van der Waals surface area contributed by atoms with Gasteiger partial charge >= 0.3 is 0 Å². The van der Waals surface area contributed by atoms with Gasteiger partial charge in [0.1, 0.15) is 24.4 Å². The van der Waals surface area contributed by atoms with Crippen LogP contribution in [0.2, 0.25) is 0 Å². The molecule has 1 aromatic heterocycles. The van der Waals surface area contributed by atoms with E-state index >= 15 is 0 Å². The molecule has 0 aliphatic carbocycles. The van der Waals surface area contributed by atoms with Crippen molar-refractivity contribution in [2.75, 3.05) is 26.2 Å². The van der Waals surface area contributed by atoms with Crippen molar-refractivity contribution in [2.24, 2.45) is 4.99 Å². The number of ether oxygens (including phenoxy) is 1. The van der Waals surface area contributed by atoms with Gasteiger partial charge in [-0.1, -0.05) is 18.2 Å². The summed E-state index contributed by atoms with van der Waals surface area (Å²) in [5, 5.41) is 6.46. The van der Waals surface area contributed by atoms with E-state index in [1.807, 2.05) is 37.3 Å². The maximum atomic E-state index is 13.0. The number of para-hydroxylation sites is 1. The lowest BCUT2D eigenvalue weighted by Crippen LogP contribution is -2.39. The van der Waals surface area contributed by atoms with Crippen LogP contribution in [0.1, 0.15) is 12.6 Å². The van der Waals surface area contributed by atoms with Crippen molar-refractivity contribution in [3.05, 3.63) is 72.4 Å². The highest BCUT2D eigenvalue weighted by atomic mass is 127. The molecule has 0 fully saturated rings. The van der Waals surface area contributed by atoms with E-state index < -0.39 is 0 Å². The second-order valence-electron chi connectivity index (χ2n) is 6.25. The first-order valence-corrected chi connectivity index (χ1v) is 9.65. The maximum absolute atomic E-state index is 13.0. The molecule has 0 saturated carbocycles. The van der Waals surface area contributed by atoms with Gasteiger partial charge in [0.2, 0.25) is 5.89 Å². The Morgan fingerprint density at radius 1 is 1.10 bits per heavy atom. The normalized spacial score (nSPS) is 10.9. The molecule has 3 aromatic rings. The number of nitrogens with one attached hydrogen (secondary N) is 2. The summed E-state index contributed by atoms with van der Waals surface area (Å²) in [4.78, 5) is 9.00. The first-order valence-electron chi connectivity index (χ1n) is 9.65. The van der Waals surface area contributed by atoms with E-state index in [-0.39, 0.29) is 29.8 Å². The minimum absolute atomic E-state index is 0. The lowest BCUT2D eigenvalue weighted by Gasteiger charge is -2.12. The Kier molecular flexibility index (Phi) is 10.1. The van der Waals surface area contributed by atoms with Crippen LogP contribution in [0.25, 0.3) is 11.5 Å². The number of halogens is 2. The molecule has 1 heterocycles. The Labute approximate surface area is 193 Å². The third kappa shape index (κ3) is 7.66. The molecule has 2 N–H and O–H groups in total. The number of guanidine groups is 1. The quantitative estimate of drug-likeness (QED) is 0.189. The summed E-state index contributed by atoms with van der Waals surface area (Å²) in [5.41, 5.74) is 1.55. The van der Waals surface area contributed by atoms with Gasteiger partial charge in [0.15, 0.2) is 5.96 Å². The molecular weight excluding hydrogens is 498 g/mol. The summed E-state index contributed by atoms with van der Waals surface area (Å²) < 4.78 is 24.2. The predicted molar refractivity (Wildman–Crippen MR) is 127 cm³/mol. The Bertz CT molecular complexity index is 901. The van der Waals surface area contributed by atoms with Gasteiger partial charge in [-0.05, 0) is 43.3 Å². The van der Waals surface area contributed by atoms with Gasteiger partial charge in [0.25, 0.3) is 0 Å². The number of nitrogens with zero attached hydrogens (tertiary/aromatic N) is 2. The Morgan fingerprint density at radius 2 is 1.87 bits per heavy atom. The van der Waals surface area contributed by atoms with Crippen molar-refractivity contribution < 1.29 is 13.5 Å². The summed E-state index contributed by atoms with van der Waals surface area (Å²) in [6.07, 6.45) is 2.25. The van der Waals surface area contributed by atoms with Crippen LogP contribution in [0.15, 0.2) is 70.3 Å². The molecule has 0 aliphatic heterocycles. The molecule has 0 saturated heterocycles. The van der Waals surface area contributed by atoms with Crippen LogP contribution < -0.4 is 15.4 Å². The molecule has 0 bridgehead atoms. The van der Waals surface area contributed by atoms with Crippen LogP contribution in [-0.4, -0.2) is 37.2 Å². The van der Waals surface area contributed by atoms with Crippen molar-refractivity contribution >= 4 is 29.9 Å². The Hall–Kier alpha value is -2.62. The van der Waals surface area contributed by atoms with Gasteiger partial charge in [0, 0.05) is 25.1 Å². The van der Waals surface area contributed by atoms with E-state index in [1.165, 1.54) is 12.1 Å². The third-order valence-electron chi connectivity index (χ3n) is 4.03. The molecule has 0 unspecified atom stereocenters. The summed E-state index contributed by atoms with van der Waals surface area (Å²) in [5.74, 6) is 1.77. The van der Waals surface area contributed by atoms with E-state index in [9.17, 15) is 4.39 Å². The van der Waals surface area contributed by atoms with Gasteiger partial charge in [0.05, 0.1) is 12.2 Å². The number of aromatic nitrogens is 1. The van der Waals surface area contributed by atoms with Crippen LogP contribution in [0.5, 0.6) is 5.75 Å². The zero-order chi connectivity index (χ0) is 20.3. The molecular formula is C22H26FIN4O2. The molecule has 6 nitrogen and oxygen atoms in total. The average Bonchev–Trinajstić information content (AvgIpc) is 3.21. The van der Waals surface area contributed by atoms with Gasteiger partial charge in [-0.3, -0.25) is 4.99 Å². The van der Waals surface area contributed by atoms with Crippen molar-refractivity contribution in [1.82, 2.24) is 15.6 Å². The number of hydrogen-bond donors (Lipinski definition) is 2. The van der Waals surface area contributed by atoms with Crippen molar-refractivity contribution in [2.45, 2.75) is 13.3 Å². The van der Waals surface area contributed by atoms with E-state index in [0.717, 1.165) is 29.5 Å². The zero-order valence-electron chi connectivity index (χ0n) is 16.8. The minimum atomic E-state index is -0.285. The number of benzene rings is 2. The number of hydrogen-bond acceptors (Lipinski definition) is 4. The number of oxazole rings is 1. The van der Waals surface area contributed by atoms with Crippen molar-refractivity contribution in [3.63, 3.8) is 0 Å². The molecule has 0 spiro atoms. The molecule has 3 rings (SSSR count). The van der Waals surface area contributed by atoms with Crippen LogP contribution in [0, 0.1) is 5.82 Å². The van der Waals surface area contributed by atoms with Gasteiger partial charge in [-0.15, -0.1) is 24.0 Å². The van der Waals surface area contributed by atoms with Crippen molar-refractivity contribution in [3.8, 4) is 17.2 Å². The molecule has 8 heteroatoms. The summed E-state index contributed by atoms with van der Waals surface area (Å²) in [6.45, 7) is 4.52. The standard InChI is InChI=1S/C22H25FN4O2.HI/c1-2-24-22(26-14-15-28-20-6-4-3-5-7-20)25-13-12-19-16-29-21(27-19)17-8-10-18(23)11-9-17;/h3-11,16H,2,12-15H2,1H3,(H2,24,25,26);1H. The van der Waals surface area contributed by atoms with E-state index in [1.54, 1.807) is 18.4 Å². The summed E-state index contributed by atoms with van der Waals surface area (Å²) in [6, 6.07) is 15.8. The van der Waals surface area contributed by atoms with Crippen LogP contribution in [-0.2, 0) is 6.42 Å². The molecule has 0 radical (unpaired) electrons. The fourth-order valence-electron chi connectivity index (χ4n) is 2.63. The summed E-state index contributed by atoms with van der Waals surface area (Å²) >= 11 is 0. The monoisotopic (exact) mass is 524 g/mol. The largest absolute Gasteiger partial charge is 0.492 e. The van der Waals surface area contributed by atoms with Crippen LogP contribution >= 0.6 is 24.0 Å². The topological polar surface area (TPSA) is 71.7 Å². The molecule has 2 aromatic carbocycles. The second-order valence-corrected chi connectivity index (χ2v) is 6.25.